The van der Waals surface area contributed by atoms with Crippen LogP contribution in [0.4, 0.5) is 5.82 Å². The summed E-state index contributed by atoms with van der Waals surface area (Å²) in [4.78, 5) is 9.56. The monoisotopic (exact) mass is 291 g/mol. The third-order valence-electron chi connectivity index (χ3n) is 5.31. The first kappa shape index (κ1) is 14.8. The van der Waals surface area contributed by atoms with Crippen molar-refractivity contribution in [2.45, 2.75) is 32.2 Å². The quantitative estimate of drug-likeness (QED) is 0.706. The first-order chi connectivity index (χ1) is 10.4. The highest BCUT2D eigenvalue weighted by molar-refractivity contribution is 5.31. The van der Waals surface area contributed by atoms with Crippen LogP contribution in [-0.4, -0.2) is 51.9 Å². The van der Waals surface area contributed by atoms with Gasteiger partial charge in [-0.2, -0.15) is 0 Å². The summed E-state index contributed by atoms with van der Waals surface area (Å²) < 4.78 is 0. The van der Waals surface area contributed by atoms with E-state index >= 15 is 0 Å². The lowest BCUT2D eigenvalue weighted by molar-refractivity contribution is -0.958. The molecule has 3 heterocycles. The summed E-state index contributed by atoms with van der Waals surface area (Å²) in [6, 6.07) is 7.29. The molecule has 0 unspecified atom stereocenters. The number of H-pyrrole nitrogens is 1. The van der Waals surface area contributed by atoms with Gasteiger partial charge in [0.2, 0.25) is 0 Å². The predicted molar refractivity (Wildman–Crippen MR) is 84.8 cm³/mol. The molecule has 2 aliphatic rings. The van der Waals surface area contributed by atoms with Crippen LogP contribution in [0.5, 0.6) is 0 Å². The lowest BCUT2D eigenvalue weighted by Crippen LogP contribution is -3.22. The summed E-state index contributed by atoms with van der Waals surface area (Å²) in [7, 11) is 0. The second-order valence-corrected chi connectivity index (χ2v) is 6.67. The van der Waals surface area contributed by atoms with E-state index in [0.717, 1.165) is 6.04 Å². The minimum Gasteiger partial charge on any atom is -0.335 e. The number of quaternary nitrogens is 2. The standard InChI is InChI=1S/C17H28N4/c1-2-9-19-10-6-16(7-11-19)20-12-14-21(15-13-20)17-5-3-4-8-18-17/h3-5,8,16H,2,6-7,9-15H2,1H3/p+3. The Kier molecular flexibility index (Phi) is 5.09. The van der Waals surface area contributed by atoms with Crippen molar-refractivity contribution in [2.24, 2.45) is 0 Å². The molecule has 4 nitrogen and oxygen atoms in total. The van der Waals surface area contributed by atoms with Crippen molar-refractivity contribution in [1.29, 1.82) is 0 Å². The molecule has 21 heavy (non-hydrogen) atoms. The van der Waals surface area contributed by atoms with Crippen LogP contribution in [0.25, 0.3) is 0 Å². The van der Waals surface area contributed by atoms with Crippen molar-refractivity contribution < 1.29 is 14.8 Å². The van der Waals surface area contributed by atoms with Gasteiger partial charge in [0.1, 0.15) is 26.2 Å². The fraction of sp³-hybridized carbons (Fsp3) is 0.706. The maximum absolute atomic E-state index is 3.37. The Hall–Kier alpha value is -1.13. The van der Waals surface area contributed by atoms with Gasteiger partial charge in [0, 0.05) is 18.9 Å². The summed E-state index contributed by atoms with van der Waals surface area (Å²) in [6.45, 7) is 11.5. The molecule has 2 saturated heterocycles. The second-order valence-electron chi connectivity index (χ2n) is 6.67. The predicted octanol–water partition coefficient (Wildman–Crippen LogP) is -1.34. The largest absolute Gasteiger partial charge is 0.335 e. The Morgan fingerprint density at radius 3 is 2.52 bits per heavy atom. The molecule has 0 atom stereocenters. The fourth-order valence-corrected chi connectivity index (χ4v) is 4.06. The van der Waals surface area contributed by atoms with Gasteiger partial charge in [-0.1, -0.05) is 13.0 Å². The van der Waals surface area contributed by atoms with E-state index in [4.69, 9.17) is 0 Å². The Balaban J connectivity index is 1.46. The summed E-state index contributed by atoms with van der Waals surface area (Å²) in [6.07, 6.45) is 6.23. The van der Waals surface area contributed by atoms with Crippen LogP contribution < -0.4 is 19.7 Å². The van der Waals surface area contributed by atoms with Gasteiger partial charge in [-0.25, -0.2) is 4.98 Å². The smallest absolute Gasteiger partial charge is 0.274 e. The van der Waals surface area contributed by atoms with E-state index in [-0.39, 0.29) is 0 Å². The first-order valence-corrected chi connectivity index (χ1v) is 8.76. The van der Waals surface area contributed by atoms with Crippen molar-refractivity contribution in [3.05, 3.63) is 24.4 Å². The fourth-order valence-electron chi connectivity index (χ4n) is 4.06. The van der Waals surface area contributed by atoms with Crippen LogP contribution in [0.3, 0.4) is 0 Å². The molecule has 0 aromatic carbocycles. The van der Waals surface area contributed by atoms with Crippen LogP contribution >= 0.6 is 0 Å². The average molecular weight is 291 g/mol. The SMILES string of the molecule is CCC[NH+]1CCC([NH+]2CCN(c3cccc[nH+]3)CC2)CC1. The van der Waals surface area contributed by atoms with Crippen LogP contribution in [0, 0.1) is 0 Å². The van der Waals surface area contributed by atoms with Crippen molar-refractivity contribution in [3.63, 3.8) is 0 Å². The number of piperazine rings is 1. The second kappa shape index (κ2) is 7.23. The van der Waals surface area contributed by atoms with Gasteiger partial charge >= 0.3 is 0 Å². The maximum Gasteiger partial charge on any atom is 0.274 e. The Morgan fingerprint density at radius 2 is 1.90 bits per heavy atom. The molecule has 0 bridgehead atoms. The van der Waals surface area contributed by atoms with E-state index in [1.165, 1.54) is 70.9 Å². The number of rotatable bonds is 4. The minimum atomic E-state index is 0.924. The van der Waals surface area contributed by atoms with E-state index < -0.39 is 0 Å². The minimum absolute atomic E-state index is 0.924. The zero-order valence-corrected chi connectivity index (χ0v) is 13.4. The van der Waals surface area contributed by atoms with E-state index in [2.05, 4.69) is 35.0 Å². The molecule has 0 saturated carbocycles. The van der Waals surface area contributed by atoms with Gasteiger partial charge in [-0.05, 0) is 12.5 Å². The number of nitrogens with zero attached hydrogens (tertiary/aromatic N) is 1. The molecule has 4 heteroatoms. The van der Waals surface area contributed by atoms with E-state index in [1.807, 2.05) is 16.0 Å². The molecular weight excluding hydrogens is 260 g/mol. The molecule has 116 valence electrons. The van der Waals surface area contributed by atoms with Gasteiger partial charge in [-0.15, -0.1) is 0 Å². The molecule has 2 fully saturated rings. The number of nitrogens with one attached hydrogen (secondary N) is 3. The normalized spacial score (nSPS) is 27.8. The Morgan fingerprint density at radius 1 is 1.14 bits per heavy atom. The molecule has 0 aliphatic carbocycles. The number of aromatic amines is 1. The van der Waals surface area contributed by atoms with Gasteiger partial charge < -0.3 is 9.80 Å². The molecule has 0 spiro atoms. The highest BCUT2D eigenvalue weighted by atomic mass is 15.3. The molecular formula is C17H31N4+3. The number of aromatic nitrogens is 1. The number of likely N-dealkylation sites (tertiary alicyclic amines) is 1. The lowest BCUT2D eigenvalue weighted by atomic mass is 10.0. The number of piperidine rings is 1. The highest BCUT2D eigenvalue weighted by Crippen LogP contribution is 2.05. The van der Waals surface area contributed by atoms with Crippen molar-refractivity contribution in [3.8, 4) is 0 Å². The maximum atomic E-state index is 3.37. The molecule has 0 radical (unpaired) electrons. The Bertz CT molecular complexity index is 406. The highest BCUT2D eigenvalue weighted by Gasteiger charge is 2.34. The van der Waals surface area contributed by atoms with Crippen LogP contribution in [0.15, 0.2) is 24.4 Å². The van der Waals surface area contributed by atoms with Crippen molar-refractivity contribution >= 4 is 5.82 Å². The average Bonchev–Trinajstić information content (AvgIpc) is 2.57. The first-order valence-electron chi connectivity index (χ1n) is 8.76. The van der Waals surface area contributed by atoms with E-state index in [1.54, 1.807) is 0 Å². The number of hydrogen-bond donors (Lipinski definition) is 2. The lowest BCUT2D eigenvalue weighted by Gasteiger charge is -2.37. The number of pyridine rings is 1. The molecule has 3 N–H and O–H groups in total. The Labute approximate surface area is 128 Å². The summed E-state index contributed by atoms with van der Waals surface area (Å²) in [5, 5.41) is 0. The van der Waals surface area contributed by atoms with Crippen LogP contribution in [0.2, 0.25) is 0 Å². The zero-order chi connectivity index (χ0) is 14.5. The summed E-state index contributed by atoms with van der Waals surface area (Å²) in [5.41, 5.74) is 0. The third kappa shape index (κ3) is 3.74. The third-order valence-corrected chi connectivity index (χ3v) is 5.31. The molecule has 2 aliphatic heterocycles. The molecule has 0 amide bonds. The summed E-state index contributed by atoms with van der Waals surface area (Å²) >= 11 is 0. The van der Waals surface area contributed by atoms with Gasteiger partial charge in [-0.3, -0.25) is 4.90 Å². The summed E-state index contributed by atoms with van der Waals surface area (Å²) in [5.74, 6) is 1.28. The van der Waals surface area contributed by atoms with Gasteiger partial charge in [0.15, 0.2) is 0 Å². The van der Waals surface area contributed by atoms with E-state index in [0.29, 0.717) is 0 Å². The van der Waals surface area contributed by atoms with Gasteiger partial charge in [0.05, 0.1) is 31.9 Å². The van der Waals surface area contributed by atoms with Crippen molar-refractivity contribution in [2.75, 3.05) is 50.7 Å². The molecule has 3 rings (SSSR count). The van der Waals surface area contributed by atoms with E-state index in [9.17, 15) is 0 Å². The zero-order valence-electron chi connectivity index (χ0n) is 13.4. The topological polar surface area (TPSA) is 26.3 Å². The number of anilines is 1. The van der Waals surface area contributed by atoms with Crippen molar-refractivity contribution in [1.82, 2.24) is 0 Å². The number of hydrogen-bond acceptors (Lipinski definition) is 1. The molecule has 1 aromatic rings. The van der Waals surface area contributed by atoms with Crippen LogP contribution in [-0.2, 0) is 0 Å². The van der Waals surface area contributed by atoms with Crippen LogP contribution in [0.1, 0.15) is 26.2 Å². The van der Waals surface area contributed by atoms with Gasteiger partial charge in [0.25, 0.3) is 5.82 Å². The molecule has 1 aromatic heterocycles.